The standard InChI is InChI=1S/C18H16N6O4S/c1-24(2)29(27,28)11-5-3-4-10(8-11)20-17-14-15(22-23-16(14)18(25)26)12-9-19-7-6-13(12)21-17/h3-9H,1-2H3,(H,20,21)(H,22,23)(H,25,26). The van der Waals surface area contributed by atoms with Crippen LogP contribution in [0.3, 0.4) is 0 Å². The normalized spacial score (nSPS) is 12.0. The van der Waals surface area contributed by atoms with Crippen molar-refractivity contribution in [3.05, 3.63) is 48.4 Å². The predicted octanol–water partition coefficient (Wildman–Crippen LogP) is 2.20. The van der Waals surface area contributed by atoms with E-state index in [0.717, 1.165) is 4.31 Å². The molecule has 10 nitrogen and oxygen atoms in total. The van der Waals surface area contributed by atoms with Gasteiger partial charge in [-0.25, -0.2) is 22.5 Å². The molecule has 0 aliphatic heterocycles. The molecule has 0 saturated heterocycles. The Balaban J connectivity index is 1.90. The number of aromatic amines is 1. The SMILES string of the molecule is CN(C)S(=O)(=O)c1cccc(Nc2nc3ccncc3c3n[nH]c(C(=O)O)c23)c1. The zero-order chi connectivity index (χ0) is 20.8. The third-order valence-corrected chi connectivity index (χ3v) is 6.19. The summed E-state index contributed by atoms with van der Waals surface area (Å²) in [5, 5.41) is 20.1. The van der Waals surface area contributed by atoms with Gasteiger partial charge in [-0.1, -0.05) is 6.07 Å². The van der Waals surface area contributed by atoms with Gasteiger partial charge in [-0.3, -0.25) is 10.1 Å². The van der Waals surface area contributed by atoms with Crippen molar-refractivity contribution in [2.24, 2.45) is 0 Å². The van der Waals surface area contributed by atoms with Gasteiger partial charge in [0.25, 0.3) is 0 Å². The molecule has 3 heterocycles. The van der Waals surface area contributed by atoms with Crippen LogP contribution in [0.15, 0.2) is 47.6 Å². The lowest BCUT2D eigenvalue weighted by molar-refractivity contribution is 0.0692. The highest BCUT2D eigenvalue weighted by molar-refractivity contribution is 7.89. The maximum atomic E-state index is 12.4. The van der Waals surface area contributed by atoms with Crippen molar-refractivity contribution in [3.8, 4) is 0 Å². The van der Waals surface area contributed by atoms with Gasteiger partial charge in [0.1, 0.15) is 11.3 Å². The first-order valence-corrected chi connectivity index (χ1v) is 9.88. The molecule has 148 valence electrons. The Kier molecular flexibility index (Phi) is 4.40. The van der Waals surface area contributed by atoms with E-state index in [1.165, 1.54) is 26.2 Å². The molecular formula is C18H16N6O4S. The summed E-state index contributed by atoms with van der Waals surface area (Å²) in [6, 6.07) is 7.88. The molecule has 3 N–H and O–H groups in total. The summed E-state index contributed by atoms with van der Waals surface area (Å²) in [7, 11) is -0.734. The number of nitrogens with one attached hydrogen (secondary N) is 2. The number of carbonyl (C=O) groups is 1. The van der Waals surface area contributed by atoms with E-state index >= 15 is 0 Å². The average Bonchev–Trinajstić information content (AvgIpc) is 3.14. The predicted molar refractivity (Wildman–Crippen MR) is 107 cm³/mol. The van der Waals surface area contributed by atoms with E-state index in [-0.39, 0.29) is 21.8 Å². The fourth-order valence-corrected chi connectivity index (χ4v) is 3.89. The highest BCUT2D eigenvalue weighted by Crippen LogP contribution is 2.32. The van der Waals surface area contributed by atoms with Gasteiger partial charge in [0.15, 0.2) is 5.69 Å². The number of hydrogen-bond acceptors (Lipinski definition) is 7. The second kappa shape index (κ2) is 6.79. The minimum atomic E-state index is -3.63. The van der Waals surface area contributed by atoms with Crippen LogP contribution in [-0.4, -0.2) is 58.1 Å². The minimum Gasteiger partial charge on any atom is -0.477 e. The van der Waals surface area contributed by atoms with E-state index in [0.29, 0.717) is 22.1 Å². The number of carboxylic acid groups (broad SMARTS) is 1. The molecule has 0 atom stereocenters. The van der Waals surface area contributed by atoms with Crippen molar-refractivity contribution in [2.45, 2.75) is 4.90 Å². The number of aromatic nitrogens is 4. The third kappa shape index (κ3) is 3.15. The molecule has 3 aromatic heterocycles. The van der Waals surface area contributed by atoms with Crippen molar-refractivity contribution >= 4 is 49.3 Å². The second-order valence-electron chi connectivity index (χ2n) is 6.42. The first-order valence-electron chi connectivity index (χ1n) is 8.44. The van der Waals surface area contributed by atoms with Crippen molar-refractivity contribution in [1.82, 2.24) is 24.5 Å². The number of rotatable bonds is 5. The average molecular weight is 412 g/mol. The van der Waals surface area contributed by atoms with Crippen molar-refractivity contribution in [3.63, 3.8) is 0 Å². The van der Waals surface area contributed by atoms with Crippen LogP contribution in [0.1, 0.15) is 10.5 Å². The summed E-state index contributed by atoms with van der Waals surface area (Å²) in [6.45, 7) is 0. The Morgan fingerprint density at radius 2 is 2.03 bits per heavy atom. The molecule has 0 amide bonds. The molecule has 0 unspecified atom stereocenters. The molecule has 0 bridgehead atoms. The molecule has 0 aliphatic carbocycles. The lowest BCUT2D eigenvalue weighted by Crippen LogP contribution is -2.22. The Bertz CT molecular complexity index is 1360. The number of sulfonamides is 1. The van der Waals surface area contributed by atoms with Gasteiger partial charge in [0.05, 0.1) is 15.8 Å². The number of aromatic carboxylic acids is 1. The van der Waals surface area contributed by atoms with Crippen LogP contribution in [0.4, 0.5) is 11.5 Å². The number of hydrogen-bond donors (Lipinski definition) is 3. The molecule has 4 rings (SSSR count). The molecule has 4 aromatic rings. The summed E-state index contributed by atoms with van der Waals surface area (Å²) in [5.74, 6) is -0.950. The van der Waals surface area contributed by atoms with Crippen LogP contribution < -0.4 is 5.32 Å². The van der Waals surface area contributed by atoms with Gasteiger partial charge < -0.3 is 10.4 Å². The Labute approximate surface area is 165 Å². The van der Waals surface area contributed by atoms with Gasteiger partial charge in [-0.05, 0) is 24.3 Å². The molecule has 11 heteroatoms. The summed E-state index contributed by atoms with van der Waals surface area (Å²) in [5.41, 5.74) is 1.28. The molecule has 29 heavy (non-hydrogen) atoms. The summed E-state index contributed by atoms with van der Waals surface area (Å²) >= 11 is 0. The maximum Gasteiger partial charge on any atom is 0.354 e. The monoisotopic (exact) mass is 412 g/mol. The number of carboxylic acids is 1. The molecule has 0 aliphatic rings. The van der Waals surface area contributed by atoms with E-state index in [2.05, 4.69) is 25.5 Å². The maximum absolute atomic E-state index is 12.4. The summed E-state index contributed by atoms with van der Waals surface area (Å²) in [4.78, 5) is 20.3. The molecule has 1 aromatic carbocycles. The summed E-state index contributed by atoms with van der Waals surface area (Å²) in [6.07, 6.45) is 3.13. The highest BCUT2D eigenvalue weighted by atomic mass is 32.2. The van der Waals surface area contributed by atoms with E-state index in [1.54, 1.807) is 30.6 Å². The van der Waals surface area contributed by atoms with E-state index < -0.39 is 16.0 Å². The van der Waals surface area contributed by atoms with Crippen molar-refractivity contribution < 1.29 is 18.3 Å². The van der Waals surface area contributed by atoms with Crippen molar-refractivity contribution in [1.29, 1.82) is 0 Å². The number of anilines is 2. The smallest absolute Gasteiger partial charge is 0.354 e. The van der Waals surface area contributed by atoms with Gasteiger partial charge in [-0.15, -0.1) is 0 Å². The largest absolute Gasteiger partial charge is 0.477 e. The zero-order valence-corrected chi connectivity index (χ0v) is 16.2. The van der Waals surface area contributed by atoms with Gasteiger partial charge in [0, 0.05) is 37.6 Å². The Morgan fingerprint density at radius 1 is 1.24 bits per heavy atom. The van der Waals surface area contributed by atoms with Gasteiger partial charge in [-0.2, -0.15) is 5.10 Å². The van der Waals surface area contributed by atoms with Crippen LogP contribution >= 0.6 is 0 Å². The van der Waals surface area contributed by atoms with Gasteiger partial charge >= 0.3 is 5.97 Å². The topological polar surface area (TPSA) is 141 Å². The molecule has 0 fully saturated rings. The number of nitrogens with zero attached hydrogens (tertiary/aromatic N) is 4. The molecular weight excluding hydrogens is 396 g/mol. The molecule has 0 radical (unpaired) electrons. The fraction of sp³-hybridized carbons (Fsp3) is 0.111. The second-order valence-corrected chi connectivity index (χ2v) is 8.57. The molecule has 0 spiro atoms. The summed E-state index contributed by atoms with van der Waals surface area (Å²) < 4.78 is 25.9. The van der Waals surface area contributed by atoms with Crippen LogP contribution in [0.25, 0.3) is 21.8 Å². The van der Waals surface area contributed by atoms with Crippen LogP contribution in [0.2, 0.25) is 0 Å². The highest BCUT2D eigenvalue weighted by Gasteiger charge is 2.21. The number of pyridine rings is 2. The Hall–Kier alpha value is -3.57. The quantitative estimate of drug-likeness (QED) is 0.453. The zero-order valence-electron chi connectivity index (χ0n) is 15.4. The minimum absolute atomic E-state index is 0.0967. The Morgan fingerprint density at radius 3 is 2.76 bits per heavy atom. The molecule has 0 saturated carbocycles. The van der Waals surface area contributed by atoms with E-state index in [4.69, 9.17) is 0 Å². The first kappa shape index (κ1) is 18.8. The van der Waals surface area contributed by atoms with Gasteiger partial charge in [0.2, 0.25) is 10.0 Å². The van der Waals surface area contributed by atoms with Crippen LogP contribution in [0.5, 0.6) is 0 Å². The lowest BCUT2D eigenvalue weighted by Gasteiger charge is -2.13. The number of fused-ring (bicyclic) bond motifs is 3. The number of benzene rings is 1. The fourth-order valence-electron chi connectivity index (χ4n) is 2.94. The lowest BCUT2D eigenvalue weighted by atomic mass is 10.1. The van der Waals surface area contributed by atoms with E-state index in [1.807, 2.05) is 0 Å². The van der Waals surface area contributed by atoms with Crippen molar-refractivity contribution in [2.75, 3.05) is 19.4 Å². The first-order chi connectivity index (χ1) is 13.8. The number of H-pyrrole nitrogens is 1. The van der Waals surface area contributed by atoms with Crippen LogP contribution in [-0.2, 0) is 10.0 Å². The van der Waals surface area contributed by atoms with E-state index in [9.17, 15) is 18.3 Å². The van der Waals surface area contributed by atoms with Crippen LogP contribution in [0, 0.1) is 0 Å². The third-order valence-electron chi connectivity index (χ3n) is 4.38.